The lowest BCUT2D eigenvalue weighted by Crippen LogP contribution is -2.02. The van der Waals surface area contributed by atoms with E-state index in [2.05, 4.69) is 21.2 Å². The number of nitrogens with two attached hydrogens (primary N) is 1. The topological polar surface area (TPSA) is 55.1 Å². The standard InChI is InChI=1S/C14H11BrF2N2O/c1-7(20)9-4-8(2-3-13(9)18)19-14-5-10(15)11(16)6-12(14)17/h2-6,19H,18H2,1H3. The molecular weight excluding hydrogens is 330 g/mol. The van der Waals surface area contributed by atoms with Gasteiger partial charge in [-0.05, 0) is 47.1 Å². The predicted molar refractivity (Wildman–Crippen MR) is 78.2 cm³/mol. The van der Waals surface area contributed by atoms with Crippen LogP contribution in [0, 0.1) is 11.6 Å². The molecule has 0 saturated carbocycles. The number of nitrogens with one attached hydrogen (secondary N) is 1. The van der Waals surface area contributed by atoms with Crippen molar-refractivity contribution < 1.29 is 13.6 Å². The van der Waals surface area contributed by atoms with Gasteiger partial charge in [0.2, 0.25) is 0 Å². The Balaban J connectivity index is 2.38. The Morgan fingerprint density at radius 1 is 1.20 bits per heavy atom. The third-order valence-electron chi connectivity index (χ3n) is 2.72. The molecule has 0 heterocycles. The molecule has 0 spiro atoms. The number of carbonyl (C=O) groups excluding carboxylic acids is 1. The maximum Gasteiger partial charge on any atom is 0.161 e. The van der Waals surface area contributed by atoms with Gasteiger partial charge in [0, 0.05) is 23.0 Å². The second-order valence-electron chi connectivity index (χ2n) is 4.23. The summed E-state index contributed by atoms with van der Waals surface area (Å²) in [7, 11) is 0. The number of hydrogen-bond donors (Lipinski definition) is 2. The summed E-state index contributed by atoms with van der Waals surface area (Å²) in [5, 5.41) is 2.78. The van der Waals surface area contributed by atoms with Gasteiger partial charge < -0.3 is 11.1 Å². The van der Waals surface area contributed by atoms with Crippen LogP contribution in [0.1, 0.15) is 17.3 Å². The molecule has 0 unspecified atom stereocenters. The van der Waals surface area contributed by atoms with Crippen molar-refractivity contribution in [2.24, 2.45) is 0 Å². The van der Waals surface area contributed by atoms with Gasteiger partial charge in [-0.1, -0.05) is 0 Å². The van der Waals surface area contributed by atoms with Crippen molar-refractivity contribution in [2.75, 3.05) is 11.1 Å². The predicted octanol–water partition coefficient (Wildman–Crippen LogP) is 4.26. The van der Waals surface area contributed by atoms with Crippen molar-refractivity contribution in [1.82, 2.24) is 0 Å². The summed E-state index contributed by atoms with van der Waals surface area (Å²) in [4.78, 5) is 11.4. The van der Waals surface area contributed by atoms with Crippen LogP contribution in [0.2, 0.25) is 0 Å². The number of Topliss-reactive ketones (excluding diaryl/α,β-unsaturated/α-hetero) is 1. The normalized spacial score (nSPS) is 10.4. The summed E-state index contributed by atoms with van der Waals surface area (Å²) >= 11 is 2.99. The van der Waals surface area contributed by atoms with Gasteiger partial charge in [0.25, 0.3) is 0 Å². The third kappa shape index (κ3) is 2.96. The van der Waals surface area contributed by atoms with Crippen molar-refractivity contribution in [1.29, 1.82) is 0 Å². The van der Waals surface area contributed by atoms with Crippen molar-refractivity contribution in [3.05, 3.63) is 52.0 Å². The number of halogens is 3. The SMILES string of the molecule is CC(=O)c1cc(Nc2cc(Br)c(F)cc2F)ccc1N. The van der Waals surface area contributed by atoms with Crippen LogP contribution in [0.15, 0.2) is 34.8 Å². The van der Waals surface area contributed by atoms with E-state index in [1.807, 2.05) is 0 Å². The lowest BCUT2D eigenvalue weighted by Gasteiger charge is -2.11. The van der Waals surface area contributed by atoms with E-state index in [0.29, 0.717) is 16.9 Å². The van der Waals surface area contributed by atoms with E-state index in [1.54, 1.807) is 12.1 Å². The fourth-order valence-corrected chi connectivity index (χ4v) is 2.06. The first-order valence-electron chi connectivity index (χ1n) is 5.70. The molecule has 104 valence electrons. The molecule has 2 aromatic carbocycles. The molecule has 0 amide bonds. The Hall–Kier alpha value is -1.95. The van der Waals surface area contributed by atoms with Gasteiger partial charge in [0.1, 0.15) is 11.6 Å². The van der Waals surface area contributed by atoms with Gasteiger partial charge in [-0.15, -0.1) is 0 Å². The molecule has 0 aliphatic heterocycles. The molecule has 0 aliphatic carbocycles. The van der Waals surface area contributed by atoms with Gasteiger partial charge in [-0.2, -0.15) is 0 Å². The molecule has 2 rings (SSSR count). The van der Waals surface area contributed by atoms with Gasteiger partial charge >= 0.3 is 0 Å². The summed E-state index contributed by atoms with van der Waals surface area (Å²) in [5.41, 5.74) is 6.96. The van der Waals surface area contributed by atoms with E-state index in [0.717, 1.165) is 6.07 Å². The molecule has 0 aromatic heterocycles. The number of rotatable bonds is 3. The Kier molecular flexibility index (Phi) is 4.04. The molecule has 0 fully saturated rings. The summed E-state index contributed by atoms with van der Waals surface area (Å²) in [5.74, 6) is -1.60. The Morgan fingerprint density at radius 2 is 1.90 bits per heavy atom. The van der Waals surface area contributed by atoms with Gasteiger partial charge in [0.15, 0.2) is 5.78 Å². The average molecular weight is 341 g/mol. The van der Waals surface area contributed by atoms with Crippen LogP contribution in [-0.2, 0) is 0 Å². The highest BCUT2D eigenvalue weighted by Crippen LogP contribution is 2.27. The molecule has 0 aliphatic rings. The molecule has 0 bridgehead atoms. The first kappa shape index (κ1) is 14.5. The zero-order valence-corrected chi connectivity index (χ0v) is 12.1. The highest BCUT2D eigenvalue weighted by molar-refractivity contribution is 9.10. The minimum absolute atomic E-state index is 0.0950. The molecule has 2 aromatic rings. The number of hydrogen-bond acceptors (Lipinski definition) is 3. The highest BCUT2D eigenvalue weighted by Gasteiger charge is 2.10. The zero-order valence-electron chi connectivity index (χ0n) is 10.5. The summed E-state index contributed by atoms with van der Waals surface area (Å²) in [6.07, 6.45) is 0. The third-order valence-corrected chi connectivity index (χ3v) is 3.33. The molecule has 3 N–H and O–H groups in total. The molecular formula is C14H11BrF2N2O. The lowest BCUT2D eigenvalue weighted by atomic mass is 10.1. The van der Waals surface area contributed by atoms with Crippen LogP contribution in [0.5, 0.6) is 0 Å². The second kappa shape index (κ2) is 5.58. The number of carbonyl (C=O) groups is 1. The van der Waals surface area contributed by atoms with Gasteiger partial charge in [-0.25, -0.2) is 8.78 Å². The van der Waals surface area contributed by atoms with Crippen molar-refractivity contribution in [3.8, 4) is 0 Å². The molecule has 0 radical (unpaired) electrons. The smallest absolute Gasteiger partial charge is 0.161 e. The number of ketones is 1. The van der Waals surface area contributed by atoms with E-state index in [1.165, 1.54) is 19.1 Å². The lowest BCUT2D eigenvalue weighted by molar-refractivity contribution is 0.101. The Morgan fingerprint density at radius 3 is 2.55 bits per heavy atom. The molecule has 3 nitrogen and oxygen atoms in total. The van der Waals surface area contributed by atoms with E-state index < -0.39 is 11.6 Å². The van der Waals surface area contributed by atoms with Crippen molar-refractivity contribution in [2.45, 2.75) is 6.92 Å². The number of nitrogen functional groups attached to an aromatic ring is 1. The van der Waals surface area contributed by atoms with E-state index in [9.17, 15) is 13.6 Å². The number of anilines is 3. The van der Waals surface area contributed by atoms with Crippen LogP contribution in [0.25, 0.3) is 0 Å². The van der Waals surface area contributed by atoms with Crippen LogP contribution in [-0.4, -0.2) is 5.78 Å². The Bertz CT molecular complexity index is 689. The molecule has 20 heavy (non-hydrogen) atoms. The van der Waals surface area contributed by atoms with Gasteiger partial charge in [0.05, 0.1) is 10.2 Å². The zero-order chi connectivity index (χ0) is 14.9. The summed E-state index contributed by atoms with van der Waals surface area (Å²) in [6, 6.07) is 6.74. The van der Waals surface area contributed by atoms with E-state index in [-0.39, 0.29) is 15.9 Å². The minimum Gasteiger partial charge on any atom is -0.398 e. The summed E-state index contributed by atoms with van der Waals surface area (Å²) < 4.78 is 26.9. The summed E-state index contributed by atoms with van der Waals surface area (Å²) in [6.45, 7) is 1.39. The largest absolute Gasteiger partial charge is 0.398 e. The maximum atomic E-state index is 13.6. The van der Waals surface area contributed by atoms with Crippen molar-refractivity contribution in [3.63, 3.8) is 0 Å². The highest BCUT2D eigenvalue weighted by atomic mass is 79.9. The monoisotopic (exact) mass is 340 g/mol. The molecule has 0 saturated heterocycles. The molecule has 6 heteroatoms. The maximum absolute atomic E-state index is 13.6. The molecule has 0 atom stereocenters. The minimum atomic E-state index is -0.730. The van der Waals surface area contributed by atoms with E-state index in [4.69, 9.17) is 5.73 Å². The second-order valence-corrected chi connectivity index (χ2v) is 5.08. The van der Waals surface area contributed by atoms with Crippen LogP contribution in [0.4, 0.5) is 25.8 Å². The van der Waals surface area contributed by atoms with Crippen LogP contribution < -0.4 is 11.1 Å². The fraction of sp³-hybridized carbons (Fsp3) is 0.0714. The fourth-order valence-electron chi connectivity index (χ4n) is 1.71. The van der Waals surface area contributed by atoms with Crippen LogP contribution in [0.3, 0.4) is 0 Å². The first-order valence-corrected chi connectivity index (χ1v) is 6.50. The quantitative estimate of drug-likeness (QED) is 0.498. The first-order chi connectivity index (χ1) is 9.38. The Labute approximate surface area is 122 Å². The number of benzene rings is 2. The average Bonchev–Trinajstić information content (AvgIpc) is 2.37. The van der Waals surface area contributed by atoms with Crippen molar-refractivity contribution >= 4 is 38.8 Å². The van der Waals surface area contributed by atoms with Gasteiger partial charge in [-0.3, -0.25) is 4.79 Å². The van der Waals surface area contributed by atoms with Crippen LogP contribution >= 0.6 is 15.9 Å². The van der Waals surface area contributed by atoms with E-state index >= 15 is 0 Å².